The predicted molar refractivity (Wildman–Crippen MR) is 47.4 cm³/mol. The Balaban J connectivity index is 2.84. The number of nitrogen functional groups attached to an aromatic ring is 1. The lowest BCUT2D eigenvalue weighted by Crippen LogP contribution is -2.15. The number of nitriles is 1. The minimum atomic E-state index is -1.40. The molecule has 1 rings (SSSR count). The number of nitrogens with two attached hydrogens (primary N) is 1. The minimum absolute atomic E-state index is 0.475. The summed E-state index contributed by atoms with van der Waals surface area (Å²) in [6, 6.07) is 7.89. The molecule has 0 aliphatic carbocycles. The molecule has 0 spiro atoms. The van der Waals surface area contributed by atoms with Crippen molar-refractivity contribution in [3.63, 3.8) is 0 Å². The van der Waals surface area contributed by atoms with E-state index in [9.17, 15) is 5.11 Å². The van der Waals surface area contributed by atoms with Gasteiger partial charge in [0.15, 0.2) is 6.10 Å². The van der Waals surface area contributed by atoms with Crippen LogP contribution >= 0.6 is 0 Å². The van der Waals surface area contributed by atoms with Crippen LogP contribution in [0.1, 0.15) is 11.7 Å². The number of aliphatic hydroxyl groups is 2. The van der Waals surface area contributed by atoms with E-state index in [2.05, 4.69) is 0 Å². The van der Waals surface area contributed by atoms with Gasteiger partial charge in [0.25, 0.3) is 0 Å². The molecule has 0 fully saturated rings. The number of nitrogens with zero attached hydrogens (tertiary/aromatic N) is 1. The largest absolute Gasteiger partial charge is 0.399 e. The maximum Gasteiger partial charge on any atom is 0.170 e. The molecule has 1 aromatic rings. The molecule has 4 N–H and O–H groups in total. The summed E-state index contributed by atoms with van der Waals surface area (Å²) < 4.78 is 0. The Morgan fingerprint density at radius 3 is 2.23 bits per heavy atom. The number of hydrogen-bond acceptors (Lipinski definition) is 4. The van der Waals surface area contributed by atoms with Gasteiger partial charge in [-0.15, -0.1) is 0 Å². The van der Waals surface area contributed by atoms with Crippen LogP contribution in [0.15, 0.2) is 24.3 Å². The van der Waals surface area contributed by atoms with Crippen molar-refractivity contribution in [1.82, 2.24) is 0 Å². The van der Waals surface area contributed by atoms with Crippen molar-refractivity contribution >= 4 is 5.69 Å². The Bertz CT molecular complexity index is 315. The fourth-order valence-electron chi connectivity index (χ4n) is 0.946. The number of anilines is 1. The van der Waals surface area contributed by atoms with E-state index in [1.807, 2.05) is 0 Å². The molecule has 68 valence electrons. The molecule has 0 radical (unpaired) electrons. The van der Waals surface area contributed by atoms with Crippen LogP contribution in [-0.4, -0.2) is 16.3 Å². The number of rotatable bonds is 2. The molecule has 0 aliphatic heterocycles. The second-order valence-electron chi connectivity index (χ2n) is 2.69. The van der Waals surface area contributed by atoms with Crippen LogP contribution < -0.4 is 5.73 Å². The Morgan fingerprint density at radius 2 is 1.77 bits per heavy atom. The van der Waals surface area contributed by atoms with E-state index in [1.165, 1.54) is 0 Å². The molecule has 0 saturated heterocycles. The Morgan fingerprint density at radius 1 is 1.23 bits per heavy atom. The first-order chi connectivity index (χ1) is 6.15. The SMILES string of the molecule is N#CC(O)C(O)c1ccc(N)cc1. The molecule has 2 atom stereocenters. The molecule has 4 heteroatoms. The van der Waals surface area contributed by atoms with Crippen LogP contribution in [0.5, 0.6) is 0 Å². The quantitative estimate of drug-likeness (QED) is 0.445. The number of aliphatic hydroxyl groups excluding tert-OH is 2. The van der Waals surface area contributed by atoms with Gasteiger partial charge in [-0.05, 0) is 17.7 Å². The van der Waals surface area contributed by atoms with Crippen molar-refractivity contribution in [2.75, 3.05) is 5.73 Å². The van der Waals surface area contributed by atoms with E-state index in [-0.39, 0.29) is 0 Å². The van der Waals surface area contributed by atoms with Crippen molar-refractivity contribution in [2.24, 2.45) is 0 Å². The van der Waals surface area contributed by atoms with Gasteiger partial charge in [-0.3, -0.25) is 0 Å². The molecule has 4 nitrogen and oxygen atoms in total. The first kappa shape index (κ1) is 9.52. The van der Waals surface area contributed by atoms with Gasteiger partial charge in [-0.2, -0.15) is 5.26 Å². The molecule has 0 aliphatic rings. The van der Waals surface area contributed by atoms with Crippen molar-refractivity contribution < 1.29 is 10.2 Å². The molecule has 1 aromatic carbocycles. The average molecular weight is 178 g/mol. The summed E-state index contributed by atoms with van der Waals surface area (Å²) in [6.07, 6.45) is -2.57. The third kappa shape index (κ3) is 2.18. The summed E-state index contributed by atoms with van der Waals surface area (Å²) in [5.74, 6) is 0. The van der Waals surface area contributed by atoms with E-state index in [4.69, 9.17) is 16.1 Å². The maximum absolute atomic E-state index is 9.37. The van der Waals surface area contributed by atoms with Crippen LogP contribution in [0, 0.1) is 11.3 Å². The summed E-state index contributed by atoms with van der Waals surface area (Å²) in [5.41, 5.74) is 6.47. The minimum Gasteiger partial charge on any atom is -0.399 e. The summed E-state index contributed by atoms with van der Waals surface area (Å²) in [6.45, 7) is 0. The summed E-state index contributed by atoms with van der Waals surface area (Å²) in [4.78, 5) is 0. The lowest BCUT2D eigenvalue weighted by atomic mass is 10.1. The highest BCUT2D eigenvalue weighted by Crippen LogP contribution is 2.17. The Kier molecular flexibility index (Phi) is 2.85. The average Bonchev–Trinajstić information content (AvgIpc) is 2.17. The standard InChI is InChI=1S/C9H10N2O2/c10-5-8(12)9(13)6-1-3-7(11)4-2-6/h1-4,8-9,12-13H,11H2. The van der Waals surface area contributed by atoms with Gasteiger partial charge < -0.3 is 15.9 Å². The van der Waals surface area contributed by atoms with Gasteiger partial charge in [-0.25, -0.2) is 0 Å². The highest BCUT2D eigenvalue weighted by atomic mass is 16.3. The summed E-state index contributed by atoms with van der Waals surface area (Å²) in [5, 5.41) is 26.7. The third-order valence-corrected chi connectivity index (χ3v) is 1.71. The topological polar surface area (TPSA) is 90.3 Å². The highest BCUT2D eigenvalue weighted by Gasteiger charge is 2.16. The normalized spacial score (nSPS) is 14.5. The monoisotopic (exact) mass is 178 g/mol. The molecule has 0 heterocycles. The van der Waals surface area contributed by atoms with Gasteiger partial charge in [0.05, 0.1) is 6.07 Å². The van der Waals surface area contributed by atoms with E-state index >= 15 is 0 Å². The van der Waals surface area contributed by atoms with Crippen molar-refractivity contribution in [1.29, 1.82) is 5.26 Å². The van der Waals surface area contributed by atoms with E-state index < -0.39 is 12.2 Å². The second kappa shape index (κ2) is 3.90. The smallest absolute Gasteiger partial charge is 0.170 e. The van der Waals surface area contributed by atoms with Crippen molar-refractivity contribution in [3.05, 3.63) is 29.8 Å². The zero-order chi connectivity index (χ0) is 9.84. The van der Waals surface area contributed by atoms with Gasteiger partial charge in [0, 0.05) is 5.69 Å². The molecule has 13 heavy (non-hydrogen) atoms. The van der Waals surface area contributed by atoms with Crippen LogP contribution in [0.2, 0.25) is 0 Å². The van der Waals surface area contributed by atoms with Crippen LogP contribution in [0.25, 0.3) is 0 Å². The zero-order valence-electron chi connectivity index (χ0n) is 6.88. The molecular formula is C9H10N2O2. The third-order valence-electron chi connectivity index (χ3n) is 1.71. The van der Waals surface area contributed by atoms with Gasteiger partial charge in [0.1, 0.15) is 6.10 Å². The van der Waals surface area contributed by atoms with Crippen LogP contribution in [-0.2, 0) is 0 Å². The Hall–Kier alpha value is -1.57. The van der Waals surface area contributed by atoms with E-state index in [1.54, 1.807) is 30.3 Å². The van der Waals surface area contributed by atoms with Crippen molar-refractivity contribution in [3.8, 4) is 6.07 Å². The molecule has 0 bridgehead atoms. The van der Waals surface area contributed by atoms with E-state index in [0.717, 1.165) is 0 Å². The van der Waals surface area contributed by atoms with Crippen LogP contribution in [0.4, 0.5) is 5.69 Å². The maximum atomic E-state index is 9.37. The highest BCUT2D eigenvalue weighted by molar-refractivity contribution is 5.40. The first-order valence-electron chi connectivity index (χ1n) is 3.76. The number of hydrogen-bond donors (Lipinski definition) is 3. The van der Waals surface area contributed by atoms with Gasteiger partial charge in [-0.1, -0.05) is 12.1 Å². The van der Waals surface area contributed by atoms with Gasteiger partial charge in [0.2, 0.25) is 0 Å². The van der Waals surface area contributed by atoms with Crippen LogP contribution in [0.3, 0.4) is 0 Å². The first-order valence-corrected chi connectivity index (χ1v) is 3.76. The molecule has 0 saturated carbocycles. The molecule has 2 unspecified atom stereocenters. The molecular weight excluding hydrogens is 168 g/mol. The lowest BCUT2D eigenvalue weighted by molar-refractivity contribution is 0.0528. The van der Waals surface area contributed by atoms with Gasteiger partial charge >= 0.3 is 0 Å². The molecule has 0 aromatic heterocycles. The zero-order valence-corrected chi connectivity index (χ0v) is 6.88. The van der Waals surface area contributed by atoms with E-state index in [0.29, 0.717) is 11.3 Å². The fourth-order valence-corrected chi connectivity index (χ4v) is 0.946. The van der Waals surface area contributed by atoms with Crippen molar-refractivity contribution in [2.45, 2.75) is 12.2 Å². The lowest BCUT2D eigenvalue weighted by Gasteiger charge is -2.11. The Labute approximate surface area is 75.8 Å². The second-order valence-corrected chi connectivity index (χ2v) is 2.69. The fraction of sp³-hybridized carbons (Fsp3) is 0.222. The summed E-state index contributed by atoms with van der Waals surface area (Å²) >= 11 is 0. The molecule has 0 amide bonds. The summed E-state index contributed by atoms with van der Waals surface area (Å²) in [7, 11) is 0. The predicted octanol–water partition coefficient (Wildman–Crippen LogP) is 0.187. The number of benzene rings is 1.